The zero-order valence-electron chi connectivity index (χ0n) is 11.7. The largest absolute Gasteiger partial charge is 0.302 e. The fourth-order valence-electron chi connectivity index (χ4n) is 3.41. The van der Waals surface area contributed by atoms with Gasteiger partial charge >= 0.3 is 0 Å². The van der Waals surface area contributed by atoms with Crippen molar-refractivity contribution in [2.24, 2.45) is 0 Å². The number of nitrogens with zero attached hydrogens (tertiary/aromatic N) is 1. The van der Waals surface area contributed by atoms with Gasteiger partial charge in [-0.15, -0.1) is 0 Å². The fraction of sp³-hybridized carbons (Fsp3) is 0.333. The molecular weight excluding hydrogens is 230 g/mol. The van der Waals surface area contributed by atoms with Gasteiger partial charge in [-0.05, 0) is 31.5 Å². The summed E-state index contributed by atoms with van der Waals surface area (Å²) in [5, 5.41) is 0. The quantitative estimate of drug-likeness (QED) is 0.786. The van der Waals surface area contributed by atoms with E-state index in [2.05, 4.69) is 79.5 Å². The minimum Gasteiger partial charge on any atom is -0.302 e. The highest BCUT2D eigenvalue weighted by Gasteiger charge is 2.43. The molecule has 19 heavy (non-hydrogen) atoms. The summed E-state index contributed by atoms with van der Waals surface area (Å²) in [4.78, 5) is 2.47. The van der Waals surface area contributed by atoms with Crippen LogP contribution in [0.2, 0.25) is 0 Å². The first-order chi connectivity index (χ1) is 9.22. The zero-order valence-corrected chi connectivity index (χ0v) is 11.7. The van der Waals surface area contributed by atoms with Gasteiger partial charge in [0.05, 0.1) is 0 Å². The summed E-state index contributed by atoms with van der Waals surface area (Å²) in [5.41, 5.74) is 3.03. The Bertz CT molecular complexity index is 481. The Kier molecular flexibility index (Phi) is 3.16. The smallest absolute Gasteiger partial charge is 0.0344 e. The summed E-state index contributed by atoms with van der Waals surface area (Å²) in [6, 6.07) is 22.6. The Morgan fingerprint density at radius 2 is 1.37 bits per heavy atom. The Hall–Kier alpha value is -1.60. The Balaban J connectivity index is 2.13. The van der Waals surface area contributed by atoms with Gasteiger partial charge in [-0.3, -0.25) is 0 Å². The minimum absolute atomic E-state index is 0.149. The van der Waals surface area contributed by atoms with Crippen molar-refractivity contribution in [2.75, 3.05) is 13.6 Å². The van der Waals surface area contributed by atoms with Crippen LogP contribution in [0.15, 0.2) is 60.7 Å². The summed E-state index contributed by atoms with van der Waals surface area (Å²) in [6.07, 6.45) is 1.19. The molecule has 2 aromatic carbocycles. The van der Waals surface area contributed by atoms with E-state index in [9.17, 15) is 0 Å². The summed E-state index contributed by atoms with van der Waals surface area (Å²) in [5.74, 6) is 0. The predicted octanol–water partition coefficient (Wildman–Crippen LogP) is 3.70. The van der Waals surface area contributed by atoms with E-state index in [0.717, 1.165) is 6.54 Å². The SMILES string of the molecule is C[C@@H]1CC(c2ccccc2)(c2ccccc2)CN1C. The lowest BCUT2D eigenvalue weighted by atomic mass is 9.73. The van der Waals surface area contributed by atoms with Crippen molar-refractivity contribution >= 4 is 0 Å². The van der Waals surface area contributed by atoms with E-state index in [1.54, 1.807) is 0 Å². The zero-order chi connectivity index (χ0) is 13.3. The van der Waals surface area contributed by atoms with Gasteiger partial charge in [0, 0.05) is 18.0 Å². The average molecular weight is 251 g/mol. The van der Waals surface area contributed by atoms with Crippen molar-refractivity contribution < 1.29 is 0 Å². The van der Waals surface area contributed by atoms with Gasteiger partial charge in [-0.2, -0.15) is 0 Å². The van der Waals surface area contributed by atoms with Gasteiger partial charge in [0.15, 0.2) is 0 Å². The normalized spacial score (nSPS) is 22.5. The maximum Gasteiger partial charge on any atom is 0.0344 e. The molecule has 2 aromatic rings. The number of benzene rings is 2. The molecule has 0 unspecified atom stereocenters. The van der Waals surface area contributed by atoms with Crippen LogP contribution in [-0.2, 0) is 5.41 Å². The van der Waals surface area contributed by atoms with Gasteiger partial charge in [0.1, 0.15) is 0 Å². The van der Waals surface area contributed by atoms with Crippen molar-refractivity contribution in [3.63, 3.8) is 0 Å². The Morgan fingerprint density at radius 3 is 1.74 bits per heavy atom. The van der Waals surface area contributed by atoms with Crippen LogP contribution in [0, 0.1) is 0 Å². The number of hydrogen-bond acceptors (Lipinski definition) is 1. The highest BCUT2D eigenvalue weighted by Crippen LogP contribution is 2.42. The lowest BCUT2D eigenvalue weighted by Crippen LogP contribution is -2.31. The number of rotatable bonds is 2. The standard InChI is InChI=1S/C18H21N/c1-15-13-18(14-19(15)2,16-9-5-3-6-10-16)17-11-7-4-8-12-17/h3-12,15H,13-14H2,1-2H3/t15-/m1/s1. The average Bonchev–Trinajstić information content (AvgIpc) is 2.78. The van der Waals surface area contributed by atoms with E-state index in [1.807, 2.05) is 0 Å². The molecule has 3 rings (SSSR count). The van der Waals surface area contributed by atoms with Crippen LogP contribution in [0.1, 0.15) is 24.5 Å². The number of likely N-dealkylation sites (tertiary alicyclic amines) is 1. The minimum atomic E-state index is 0.149. The maximum absolute atomic E-state index is 2.47. The fourth-order valence-corrected chi connectivity index (χ4v) is 3.41. The molecule has 0 amide bonds. The molecule has 0 spiro atoms. The predicted molar refractivity (Wildman–Crippen MR) is 80.4 cm³/mol. The third kappa shape index (κ3) is 2.08. The topological polar surface area (TPSA) is 3.24 Å². The third-order valence-electron chi connectivity index (χ3n) is 4.57. The molecule has 98 valence electrons. The van der Waals surface area contributed by atoms with E-state index < -0.39 is 0 Å². The van der Waals surface area contributed by atoms with Crippen molar-refractivity contribution in [2.45, 2.75) is 24.8 Å². The molecule has 0 aromatic heterocycles. The third-order valence-corrected chi connectivity index (χ3v) is 4.57. The molecule has 1 nitrogen and oxygen atoms in total. The second-order valence-corrected chi connectivity index (χ2v) is 5.78. The van der Waals surface area contributed by atoms with Crippen LogP contribution >= 0.6 is 0 Å². The second kappa shape index (κ2) is 4.82. The van der Waals surface area contributed by atoms with Crippen LogP contribution in [-0.4, -0.2) is 24.5 Å². The van der Waals surface area contributed by atoms with E-state index in [0.29, 0.717) is 6.04 Å². The molecule has 0 bridgehead atoms. The van der Waals surface area contributed by atoms with E-state index in [1.165, 1.54) is 17.5 Å². The molecule has 1 atom stereocenters. The first kappa shape index (κ1) is 12.4. The van der Waals surface area contributed by atoms with Crippen LogP contribution < -0.4 is 0 Å². The summed E-state index contributed by atoms with van der Waals surface area (Å²) in [7, 11) is 2.23. The van der Waals surface area contributed by atoms with Gasteiger partial charge in [-0.25, -0.2) is 0 Å². The van der Waals surface area contributed by atoms with Gasteiger partial charge in [0.2, 0.25) is 0 Å². The molecule has 0 saturated carbocycles. The molecule has 1 heterocycles. The summed E-state index contributed by atoms with van der Waals surface area (Å²) >= 11 is 0. The van der Waals surface area contributed by atoms with Crippen molar-refractivity contribution in [3.8, 4) is 0 Å². The molecule has 0 aliphatic carbocycles. The summed E-state index contributed by atoms with van der Waals surface area (Å²) in [6.45, 7) is 3.43. The highest BCUT2D eigenvalue weighted by atomic mass is 15.2. The molecule has 1 saturated heterocycles. The molecule has 1 aliphatic heterocycles. The van der Waals surface area contributed by atoms with Crippen molar-refractivity contribution in [3.05, 3.63) is 71.8 Å². The van der Waals surface area contributed by atoms with Crippen LogP contribution in [0.3, 0.4) is 0 Å². The van der Waals surface area contributed by atoms with Crippen LogP contribution in [0.4, 0.5) is 0 Å². The van der Waals surface area contributed by atoms with E-state index in [-0.39, 0.29) is 5.41 Å². The Labute approximate surface area is 115 Å². The first-order valence-corrected chi connectivity index (χ1v) is 7.04. The van der Waals surface area contributed by atoms with Crippen LogP contribution in [0.25, 0.3) is 0 Å². The highest BCUT2D eigenvalue weighted by molar-refractivity contribution is 5.41. The van der Waals surface area contributed by atoms with Gasteiger partial charge in [-0.1, -0.05) is 60.7 Å². The van der Waals surface area contributed by atoms with E-state index in [4.69, 9.17) is 0 Å². The number of likely N-dealkylation sites (N-methyl/N-ethyl adjacent to an activating group) is 1. The monoisotopic (exact) mass is 251 g/mol. The Morgan fingerprint density at radius 1 is 0.895 bits per heavy atom. The van der Waals surface area contributed by atoms with Gasteiger partial charge in [0.25, 0.3) is 0 Å². The molecule has 0 N–H and O–H groups in total. The molecule has 1 aliphatic rings. The van der Waals surface area contributed by atoms with Gasteiger partial charge < -0.3 is 4.90 Å². The summed E-state index contributed by atoms with van der Waals surface area (Å²) < 4.78 is 0. The van der Waals surface area contributed by atoms with Crippen molar-refractivity contribution in [1.29, 1.82) is 0 Å². The molecule has 0 radical (unpaired) electrons. The van der Waals surface area contributed by atoms with Crippen LogP contribution in [0.5, 0.6) is 0 Å². The van der Waals surface area contributed by atoms with Crippen molar-refractivity contribution in [1.82, 2.24) is 4.90 Å². The molecular formula is C18H21N. The maximum atomic E-state index is 2.47. The molecule has 1 fully saturated rings. The lowest BCUT2D eigenvalue weighted by molar-refractivity contribution is 0.324. The number of hydrogen-bond donors (Lipinski definition) is 0. The first-order valence-electron chi connectivity index (χ1n) is 7.04. The second-order valence-electron chi connectivity index (χ2n) is 5.78. The lowest BCUT2D eigenvalue weighted by Gasteiger charge is -2.30. The van der Waals surface area contributed by atoms with E-state index >= 15 is 0 Å². The molecule has 1 heteroatoms.